The molecule has 1 heterocycles. The fraction of sp³-hybridized carbons (Fsp3) is 0.278. The van der Waals surface area contributed by atoms with Gasteiger partial charge in [0.05, 0.1) is 7.11 Å². The van der Waals surface area contributed by atoms with E-state index in [-0.39, 0.29) is 16.6 Å². The molecule has 2 aromatic carbocycles. The van der Waals surface area contributed by atoms with Crippen molar-refractivity contribution in [2.24, 2.45) is 0 Å². The van der Waals surface area contributed by atoms with Crippen LogP contribution in [0, 0.1) is 0 Å². The highest BCUT2D eigenvalue weighted by Crippen LogP contribution is 2.29. The van der Waals surface area contributed by atoms with Gasteiger partial charge in [-0.3, -0.25) is 9.52 Å². The first-order chi connectivity index (χ1) is 12.4. The van der Waals surface area contributed by atoms with E-state index in [9.17, 15) is 13.2 Å². The normalized spacial score (nSPS) is 14.3. The van der Waals surface area contributed by atoms with Gasteiger partial charge in [-0.25, -0.2) is 8.42 Å². The SMILES string of the molecule is COc1ccc(Br)cc1S(=O)(=O)Nc1ccc(C(=O)N2CCCC2)cc1. The molecule has 0 bridgehead atoms. The smallest absolute Gasteiger partial charge is 0.265 e. The maximum Gasteiger partial charge on any atom is 0.265 e. The Kier molecular flexibility index (Phi) is 5.52. The molecular weight excluding hydrogens is 420 g/mol. The molecular formula is C18H19BrN2O4S. The van der Waals surface area contributed by atoms with Crippen LogP contribution < -0.4 is 9.46 Å². The first kappa shape index (κ1) is 18.7. The van der Waals surface area contributed by atoms with Crippen LogP contribution in [-0.2, 0) is 10.0 Å². The van der Waals surface area contributed by atoms with E-state index in [1.165, 1.54) is 13.2 Å². The second-order valence-electron chi connectivity index (χ2n) is 5.98. The van der Waals surface area contributed by atoms with Crippen LogP contribution in [0.5, 0.6) is 5.75 Å². The number of hydrogen-bond acceptors (Lipinski definition) is 4. The Morgan fingerprint density at radius 1 is 1.12 bits per heavy atom. The molecule has 3 rings (SSSR count). The van der Waals surface area contributed by atoms with Crippen LogP contribution in [0.15, 0.2) is 51.8 Å². The molecule has 138 valence electrons. The zero-order chi connectivity index (χ0) is 18.7. The molecule has 1 fully saturated rings. The number of nitrogens with zero attached hydrogens (tertiary/aromatic N) is 1. The fourth-order valence-electron chi connectivity index (χ4n) is 2.85. The van der Waals surface area contributed by atoms with Gasteiger partial charge >= 0.3 is 0 Å². The minimum absolute atomic E-state index is 0.0226. The zero-order valence-corrected chi connectivity index (χ0v) is 16.6. The van der Waals surface area contributed by atoms with E-state index in [1.54, 1.807) is 36.4 Å². The summed E-state index contributed by atoms with van der Waals surface area (Å²) in [5.41, 5.74) is 0.930. The number of benzene rings is 2. The van der Waals surface area contributed by atoms with Gasteiger partial charge < -0.3 is 9.64 Å². The molecule has 0 radical (unpaired) electrons. The van der Waals surface area contributed by atoms with Gasteiger partial charge in [0.15, 0.2) is 0 Å². The van der Waals surface area contributed by atoms with E-state index in [0.717, 1.165) is 25.9 Å². The Morgan fingerprint density at radius 2 is 1.77 bits per heavy atom. The third kappa shape index (κ3) is 4.02. The average Bonchev–Trinajstić information content (AvgIpc) is 3.16. The van der Waals surface area contributed by atoms with E-state index in [0.29, 0.717) is 15.7 Å². The van der Waals surface area contributed by atoms with Crippen molar-refractivity contribution in [1.29, 1.82) is 0 Å². The number of carbonyl (C=O) groups is 1. The van der Waals surface area contributed by atoms with Gasteiger partial charge in [0.2, 0.25) is 0 Å². The van der Waals surface area contributed by atoms with Crippen LogP contribution >= 0.6 is 15.9 Å². The zero-order valence-electron chi connectivity index (χ0n) is 14.2. The highest BCUT2D eigenvalue weighted by Gasteiger charge is 2.22. The molecule has 0 spiro atoms. The van der Waals surface area contributed by atoms with Gasteiger partial charge in [-0.15, -0.1) is 0 Å². The van der Waals surface area contributed by atoms with Gasteiger partial charge in [0.25, 0.3) is 15.9 Å². The van der Waals surface area contributed by atoms with Crippen molar-refractivity contribution in [2.75, 3.05) is 24.9 Å². The minimum atomic E-state index is -3.83. The number of carbonyl (C=O) groups excluding carboxylic acids is 1. The molecule has 0 aromatic heterocycles. The summed E-state index contributed by atoms with van der Waals surface area (Å²) in [5.74, 6) is 0.229. The average molecular weight is 439 g/mol. The van der Waals surface area contributed by atoms with Crippen molar-refractivity contribution in [3.63, 3.8) is 0 Å². The Hall–Kier alpha value is -2.06. The van der Waals surface area contributed by atoms with Gasteiger partial charge in [0, 0.05) is 28.8 Å². The lowest BCUT2D eigenvalue weighted by atomic mass is 10.2. The summed E-state index contributed by atoms with van der Waals surface area (Å²) in [6, 6.07) is 11.2. The third-order valence-corrected chi connectivity index (χ3v) is 6.09. The van der Waals surface area contributed by atoms with Crippen molar-refractivity contribution in [2.45, 2.75) is 17.7 Å². The largest absolute Gasteiger partial charge is 0.495 e. The van der Waals surface area contributed by atoms with Crippen LogP contribution in [0.1, 0.15) is 23.2 Å². The third-order valence-electron chi connectivity index (χ3n) is 4.19. The number of halogens is 1. The summed E-state index contributed by atoms with van der Waals surface area (Å²) < 4.78 is 33.6. The van der Waals surface area contributed by atoms with E-state index in [2.05, 4.69) is 20.7 Å². The highest BCUT2D eigenvalue weighted by atomic mass is 79.9. The lowest BCUT2D eigenvalue weighted by Crippen LogP contribution is -2.27. The molecule has 0 unspecified atom stereocenters. The van der Waals surface area contributed by atoms with Gasteiger partial charge in [-0.05, 0) is 55.3 Å². The van der Waals surface area contributed by atoms with Crippen LogP contribution in [0.3, 0.4) is 0 Å². The summed E-state index contributed by atoms with van der Waals surface area (Å²) >= 11 is 3.27. The minimum Gasteiger partial charge on any atom is -0.495 e. The van der Waals surface area contributed by atoms with Gasteiger partial charge in [0.1, 0.15) is 10.6 Å². The monoisotopic (exact) mass is 438 g/mol. The first-order valence-corrected chi connectivity index (χ1v) is 10.4. The van der Waals surface area contributed by atoms with Crippen molar-refractivity contribution in [3.8, 4) is 5.75 Å². The maximum absolute atomic E-state index is 12.7. The second-order valence-corrected chi connectivity index (χ2v) is 8.54. The van der Waals surface area contributed by atoms with Crippen molar-refractivity contribution in [3.05, 3.63) is 52.5 Å². The molecule has 0 aliphatic carbocycles. The van der Waals surface area contributed by atoms with Crippen molar-refractivity contribution < 1.29 is 17.9 Å². The molecule has 2 aromatic rings. The molecule has 8 heteroatoms. The second kappa shape index (κ2) is 7.67. The van der Waals surface area contributed by atoms with Crippen LogP contribution in [-0.4, -0.2) is 39.4 Å². The number of methoxy groups -OCH3 is 1. The molecule has 0 atom stereocenters. The summed E-state index contributed by atoms with van der Waals surface area (Å²) in [4.78, 5) is 14.2. The molecule has 1 aliphatic rings. The number of likely N-dealkylation sites (tertiary alicyclic amines) is 1. The van der Waals surface area contributed by atoms with Gasteiger partial charge in [-0.1, -0.05) is 15.9 Å². The van der Waals surface area contributed by atoms with Crippen LogP contribution in [0.4, 0.5) is 5.69 Å². The lowest BCUT2D eigenvalue weighted by molar-refractivity contribution is 0.0793. The van der Waals surface area contributed by atoms with E-state index >= 15 is 0 Å². The Bertz CT molecular complexity index is 907. The van der Waals surface area contributed by atoms with E-state index < -0.39 is 10.0 Å². The Labute approximate surface area is 161 Å². The molecule has 1 amide bonds. The highest BCUT2D eigenvalue weighted by molar-refractivity contribution is 9.10. The molecule has 1 saturated heterocycles. The summed E-state index contributed by atoms with van der Waals surface area (Å²) in [6.45, 7) is 1.55. The molecule has 1 aliphatic heterocycles. The Balaban J connectivity index is 1.80. The number of sulfonamides is 1. The summed E-state index contributed by atoms with van der Waals surface area (Å²) in [5, 5.41) is 0. The Morgan fingerprint density at radius 3 is 2.38 bits per heavy atom. The number of ether oxygens (including phenoxy) is 1. The maximum atomic E-state index is 12.7. The quantitative estimate of drug-likeness (QED) is 0.774. The summed E-state index contributed by atoms with van der Waals surface area (Å²) in [6.07, 6.45) is 2.05. The topological polar surface area (TPSA) is 75.7 Å². The first-order valence-electron chi connectivity index (χ1n) is 8.16. The number of hydrogen-bond donors (Lipinski definition) is 1. The van der Waals surface area contributed by atoms with E-state index in [1.807, 2.05) is 4.90 Å². The van der Waals surface area contributed by atoms with Crippen molar-refractivity contribution in [1.82, 2.24) is 4.90 Å². The van der Waals surface area contributed by atoms with Crippen LogP contribution in [0.2, 0.25) is 0 Å². The van der Waals surface area contributed by atoms with Crippen LogP contribution in [0.25, 0.3) is 0 Å². The fourth-order valence-corrected chi connectivity index (χ4v) is 4.62. The van der Waals surface area contributed by atoms with E-state index in [4.69, 9.17) is 4.74 Å². The molecule has 0 saturated carbocycles. The van der Waals surface area contributed by atoms with Gasteiger partial charge in [-0.2, -0.15) is 0 Å². The number of amides is 1. The predicted octanol–water partition coefficient (Wildman–Crippen LogP) is 3.49. The standard InChI is InChI=1S/C18H19BrN2O4S/c1-25-16-9-6-14(19)12-17(16)26(23,24)20-15-7-4-13(5-8-15)18(22)21-10-2-3-11-21/h4-9,12,20H,2-3,10-11H2,1H3. The van der Waals surface area contributed by atoms with Crippen molar-refractivity contribution >= 4 is 37.5 Å². The number of anilines is 1. The molecule has 1 N–H and O–H groups in total. The summed E-state index contributed by atoms with van der Waals surface area (Å²) in [7, 11) is -2.41. The molecule has 6 nitrogen and oxygen atoms in total. The molecule has 26 heavy (non-hydrogen) atoms. The number of rotatable bonds is 5. The predicted molar refractivity (Wildman–Crippen MR) is 103 cm³/mol. The lowest BCUT2D eigenvalue weighted by Gasteiger charge is -2.16. The number of nitrogens with one attached hydrogen (secondary N) is 1.